The molecule has 0 aliphatic carbocycles. The van der Waals surface area contributed by atoms with Gasteiger partial charge in [0.25, 0.3) is 5.91 Å². The smallest absolute Gasteiger partial charge is 0.262 e. The van der Waals surface area contributed by atoms with Crippen LogP contribution in [0.15, 0.2) is 71.9 Å². The molecule has 0 spiro atoms. The summed E-state index contributed by atoms with van der Waals surface area (Å²) in [6.07, 6.45) is 3.11. The molecular weight excluding hydrogens is 444 g/mol. The van der Waals surface area contributed by atoms with Gasteiger partial charge in [-0.25, -0.2) is 13.9 Å². The van der Waals surface area contributed by atoms with E-state index < -0.39 is 22.0 Å². The summed E-state index contributed by atoms with van der Waals surface area (Å²) in [5.74, 6) is -0.00772. The highest BCUT2D eigenvalue weighted by atomic mass is 32.2. The molecule has 1 aliphatic heterocycles. The van der Waals surface area contributed by atoms with E-state index in [2.05, 4.69) is 15.4 Å². The number of benzene rings is 2. The molecule has 1 amide bonds. The molecule has 9 nitrogen and oxygen atoms in total. The maximum absolute atomic E-state index is 13.5. The number of aromatic nitrogens is 2. The van der Waals surface area contributed by atoms with Gasteiger partial charge in [0.05, 0.1) is 36.0 Å². The van der Waals surface area contributed by atoms with Gasteiger partial charge in [-0.15, -0.1) is 0 Å². The van der Waals surface area contributed by atoms with Crippen LogP contribution in [-0.4, -0.2) is 41.2 Å². The van der Waals surface area contributed by atoms with Crippen LogP contribution in [0.4, 0.5) is 0 Å². The number of sulfonamides is 1. The predicted molar refractivity (Wildman–Crippen MR) is 119 cm³/mol. The Balaban J connectivity index is 1.57. The van der Waals surface area contributed by atoms with Crippen molar-refractivity contribution in [1.29, 1.82) is 0 Å². The largest absolute Gasteiger partial charge is 0.494 e. The second-order valence-electron chi connectivity index (χ2n) is 7.36. The maximum atomic E-state index is 13.5. The Morgan fingerprint density at radius 2 is 1.76 bits per heavy atom. The molecule has 1 aliphatic rings. The average Bonchev–Trinajstić information content (AvgIpc) is 2.84. The van der Waals surface area contributed by atoms with Gasteiger partial charge in [0.1, 0.15) is 11.8 Å². The summed E-state index contributed by atoms with van der Waals surface area (Å²) in [5, 5.41) is 0. The second kappa shape index (κ2) is 10.1. The van der Waals surface area contributed by atoms with Gasteiger partial charge in [-0.2, -0.15) is 4.31 Å². The van der Waals surface area contributed by atoms with Crippen molar-refractivity contribution in [3.8, 4) is 5.75 Å². The van der Waals surface area contributed by atoms with Crippen LogP contribution in [-0.2, 0) is 39.2 Å². The molecule has 0 radical (unpaired) electrons. The normalized spacial score (nSPS) is 16.1. The zero-order valence-corrected chi connectivity index (χ0v) is 18.9. The van der Waals surface area contributed by atoms with Crippen LogP contribution in [0.3, 0.4) is 0 Å². The Hall–Kier alpha value is -3.34. The molecule has 0 saturated carbocycles. The molecule has 2 heterocycles. The summed E-state index contributed by atoms with van der Waals surface area (Å²) in [6.45, 7) is 2.40. The first-order chi connectivity index (χ1) is 16.0. The molecule has 1 atom stereocenters. The zero-order chi connectivity index (χ0) is 23.3. The number of rotatable bonds is 8. The fourth-order valence-corrected chi connectivity index (χ4v) is 5.11. The Morgan fingerprint density at radius 3 is 2.45 bits per heavy atom. The van der Waals surface area contributed by atoms with E-state index in [1.165, 1.54) is 24.5 Å². The van der Waals surface area contributed by atoms with Gasteiger partial charge in [-0.3, -0.25) is 19.6 Å². The van der Waals surface area contributed by atoms with Crippen LogP contribution in [0.25, 0.3) is 0 Å². The van der Waals surface area contributed by atoms with E-state index >= 15 is 0 Å². The van der Waals surface area contributed by atoms with Crippen LogP contribution in [0.5, 0.6) is 5.75 Å². The number of hydroxylamine groups is 1. The minimum atomic E-state index is -4.01. The van der Waals surface area contributed by atoms with Gasteiger partial charge >= 0.3 is 0 Å². The van der Waals surface area contributed by atoms with E-state index in [1.54, 1.807) is 12.1 Å². The summed E-state index contributed by atoms with van der Waals surface area (Å²) in [4.78, 5) is 27.0. The topological polar surface area (TPSA) is 111 Å². The number of nitrogens with one attached hydrogen (secondary N) is 1. The van der Waals surface area contributed by atoms with E-state index in [9.17, 15) is 13.2 Å². The lowest BCUT2D eigenvalue weighted by molar-refractivity contribution is -0.139. The molecule has 1 unspecified atom stereocenters. The molecule has 172 valence electrons. The molecular formula is C23H24N4O5S. The first kappa shape index (κ1) is 22.8. The van der Waals surface area contributed by atoms with Crippen molar-refractivity contribution >= 4 is 15.9 Å². The van der Waals surface area contributed by atoms with Crippen molar-refractivity contribution in [1.82, 2.24) is 19.8 Å². The van der Waals surface area contributed by atoms with Crippen LogP contribution in [0, 0.1) is 0 Å². The van der Waals surface area contributed by atoms with Crippen molar-refractivity contribution in [3.63, 3.8) is 0 Å². The minimum absolute atomic E-state index is 0.0568. The SMILES string of the molecule is CCOc1ccc(S(=O)(=O)N2Cc3nccnc3CC2C(=O)NOCc2ccccc2)cc1. The first-order valence-corrected chi connectivity index (χ1v) is 11.9. The fraction of sp³-hybridized carbons (Fsp3) is 0.261. The number of carbonyl (C=O) groups excluding carboxylic acids is 1. The van der Waals surface area contributed by atoms with Crippen molar-refractivity contribution < 1.29 is 22.8 Å². The van der Waals surface area contributed by atoms with Crippen molar-refractivity contribution in [2.75, 3.05) is 6.61 Å². The van der Waals surface area contributed by atoms with Crippen LogP contribution in [0.1, 0.15) is 23.9 Å². The average molecular weight is 469 g/mol. The van der Waals surface area contributed by atoms with E-state index in [1.807, 2.05) is 37.3 Å². The highest BCUT2D eigenvalue weighted by Crippen LogP contribution is 2.28. The first-order valence-electron chi connectivity index (χ1n) is 10.5. The summed E-state index contributed by atoms with van der Waals surface area (Å²) < 4.78 is 33.5. The van der Waals surface area contributed by atoms with Gasteiger partial charge in [-0.1, -0.05) is 30.3 Å². The molecule has 33 heavy (non-hydrogen) atoms. The number of nitrogens with zero attached hydrogens (tertiary/aromatic N) is 3. The molecule has 4 rings (SSSR count). The lowest BCUT2D eigenvalue weighted by Gasteiger charge is -2.33. The van der Waals surface area contributed by atoms with Crippen molar-refractivity contribution in [2.24, 2.45) is 0 Å². The number of hydrogen-bond donors (Lipinski definition) is 1. The highest BCUT2D eigenvalue weighted by Gasteiger charge is 2.41. The van der Waals surface area contributed by atoms with Crippen LogP contribution >= 0.6 is 0 Å². The van der Waals surface area contributed by atoms with Gasteiger partial charge in [0, 0.05) is 18.8 Å². The Morgan fingerprint density at radius 1 is 1.06 bits per heavy atom. The third kappa shape index (κ3) is 5.19. The highest BCUT2D eigenvalue weighted by molar-refractivity contribution is 7.89. The molecule has 0 fully saturated rings. The third-order valence-electron chi connectivity index (χ3n) is 5.20. The molecule has 2 aromatic carbocycles. The Kier molecular flexibility index (Phi) is 6.97. The predicted octanol–water partition coefficient (Wildman–Crippen LogP) is 2.24. The van der Waals surface area contributed by atoms with Crippen molar-refractivity contribution in [3.05, 3.63) is 83.9 Å². The van der Waals surface area contributed by atoms with Gasteiger partial charge in [0.2, 0.25) is 10.0 Å². The molecule has 1 aromatic heterocycles. The number of fused-ring (bicyclic) bond motifs is 1. The van der Waals surface area contributed by atoms with Crippen LogP contribution in [0.2, 0.25) is 0 Å². The maximum Gasteiger partial charge on any atom is 0.262 e. The van der Waals surface area contributed by atoms with E-state index in [-0.39, 0.29) is 24.5 Å². The summed E-state index contributed by atoms with van der Waals surface area (Å²) in [5.41, 5.74) is 4.37. The number of ether oxygens (including phenoxy) is 1. The zero-order valence-electron chi connectivity index (χ0n) is 18.0. The molecule has 0 saturated heterocycles. The lowest BCUT2D eigenvalue weighted by atomic mass is 10.0. The van der Waals surface area contributed by atoms with Crippen molar-refractivity contribution in [2.45, 2.75) is 37.4 Å². The standard InChI is InChI=1S/C23H24N4O5S/c1-2-31-18-8-10-19(11-9-18)33(29,30)27-15-21-20(24-12-13-25-21)14-22(27)23(28)26-32-16-17-6-4-3-5-7-17/h3-13,22H,2,14-16H2,1H3,(H,26,28). The van der Waals surface area contributed by atoms with Gasteiger partial charge in [-0.05, 0) is 36.8 Å². The molecule has 10 heteroatoms. The molecule has 0 bridgehead atoms. The quantitative estimate of drug-likeness (QED) is 0.505. The second-order valence-corrected chi connectivity index (χ2v) is 9.26. The van der Waals surface area contributed by atoms with E-state index in [0.717, 1.165) is 9.87 Å². The van der Waals surface area contributed by atoms with E-state index in [0.29, 0.717) is 23.7 Å². The molecule has 3 aromatic rings. The third-order valence-corrected chi connectivity index (χ3v) is 7.07. The minimum Gasteiger partial charge on any atom is -0.494 e. The van der Waals surface area contributed by atoms with E-state index in [4.69, 9.17) is 9.57 Å². The summed E-state index contributed by atoms with van der Waals surface area (Å²) in [7, 11) is -4.01. The summed E-state index contributed by atoms with van der Waals surface area (Å²) in [6, 6.07) is 14.4. The monoisotopic (exact) mass is 468 g/mol. The lowest BCUT2D eigenvalue weighted by Crippen LogP contribution is -2.52. The number of hydrogen-bond acceptors (Lipinski definition) is 7. The van der Waals surface area contributed by atoms with Gasteiger partial charge in [0.15, 0.2) is 0 Å². The summed E-state index contributed by atoms with van der Waals surface area (Å²) >= 11 is 0. The van der Waals surface area contributed by atoms with Gasteiger partial charge < -0.3 is 4.74 Å². The Bertz CT molecular complexity index is 1200. The Labute approximate surface area is 192 Å². The van der Waals surface area contributed by atoms with Crippen LogP contribution < -0.4 is 10.2 Å². The number of amides is 1. The number of carbonyl (C=O) groups is 1. The fourth-order valence-electron chi connectivity index (χ4n) is 3.56. The molecule has 1 N–H and O–H groups in total.